The van der Waals surface area contributed by atoms with Crippen molar-refractivity contribution in [2.75, 3.05) is 0 Å². The van der Waals surface area contributed by atoms with E-state index in [0.29, 0.717) is 20.9 Å². The van der Waals surface area contributed by atoms with Crippen LogP contribution in [0.2, 0.25) is 10.0 Å². The average molecular weight is 298 g/mol. The van der Waals surface area contributed by atoms with E-state index in [0.717, 1.165) is 5.56 Å². The Balaban J connectivity index is 3.18. The lowest BCUT2D eigenvalue weighted by Crippen LogP contribution is -2.02. The molecule has 1 aromatic carbocycles. The number of carboxylic acid groups (broad SMARTS) is 1. The summed E-state index contributed by atoms with van der Waals surface area (Å²) >= 11 is 15.1. The van der Waals surface area contributed by atoms with Crippen LogP contribution in [0, 0.1) is 0 Å². The van der Waals surface area contributed by atoms with Crippen LogP contribution in [0.1, 0.15) is 11.1 Å². The second-order valence-electron chi connectivity index (χ2n) is 2.70. The molecule has 2 nitrogen and oxygen atoms in total. The molecule has 0 aliphatic heterocycles. The zero-order valence-corrected chi connectivity index (χ0v) is 10.2. The smallest absolute Gasteiger partial charge is 0.307 e. The van der Waals surface area contributed by atoms with Crippen molar-refractivity contribution < 1.29 is 9.90 Å². The number of halogens is 3. The minimum absolute atomic E-state index is 0.154. The molecular weight excluding hydrogens is 291 g/mol. The Morgan fingerprint density at radius 3 is 2.57 bits per heavy atom. The van der Waals surface area contributed by atoms with Crippen LogP contribution in [0.4, 0.5) is 0 Å². The number of carbonyl (C=O) groups is 1. The highest BCUT2D eigenvalue weighted by Crippen LogP contribution is 2.29. The van der Waals surface area contributed by atoms with Crippen LogP contribution in [-0.2, 0) is 16.5 Å². The van der Waals surface area contributed by atoms with E-state index < -0.39 is 5.97 Å². The van der Waals surface area contributed by atoms with Gasteiger partial charge in [-0.1, -0.05) is 45.2 Å². The summed E-state index contributed by atoms with van der Waals surface area (Å²) in [5, 5.41) is 10.0. The molecular formula is C9H7BrCl2O2. The van der Waals surface area contributed by atoms with Gasteiger partial charge in [-0.15, -0.1) is 0 Å². The lowest BCUT2D eigenvalue weighted by Gasteiger charge is -2.07. The molecule has 1 N–H and O–H groups in total. The van der Waals surface area contributed by atoms with Gasteiger partial charge in [0, 0.05) is 20.9 Å². The first-order chi connectivity index (χ1) is 6.56. The molecule has 0 bridgehead atoms. The maximum atomic E-state index is 10.5. The van der Waals surface area contributed by atoms with Gasteiger partial charge < -0.3 is 5.11 Å². The van der Waals surface area contributed by atoms with Gasteiger partial charge in [0.15, 0.2) is 0 Å². The Kier molecular flexibility index (Phi) is 4.23. The van der Waals surface area contributed by atoms with Gasteiger partial charge in [-0.05, 0) is 11.6 Å². The summed E-state index contributed by atoms with van der Waals surface area (Å²) in [5.74, 6) is -0.944. The van der Waals surface area contributed by atoms with Crippen LogP contribution in [0.25, 0.3) is 0 Å². The standard InChI is InChI=1S/C9H7BrCl2O2/c10-4-5-1-2-7(11)6(9(5)12)3-8(13)14/h1-2H,3-4H2,(H,13,14). The average Bonchev–Trinajstić information content (AvgIpc) is 2.12. The van der Waals surface area contributed by atoms with Crippen molar-refractivity contribution in [3.05, 3.63) is 33.3 Å². The Labute approximate surface area is 100.0 Å². The molecule has 0 saturated heterocycles. The number of hydrogen-bond acceptors (Lipinski definition) is 1. The van der Waals surface area contributed by atoms with Gasteiger partial charge >= 0.3 is 5.97 Å². The van der Waals surface area contributed by atoms with Crippen molar-refractivity contribution in [1.82, 2.24) is 0 Å². The Morgan fingerprint density at radius 1 is 1.43 bits per heavy atom. The van der Waals surface area contributed by atoms with E-state index in [1.165, 1.54) is 0 Å². The van der Waals surface area contributed by atoms with Crippen LogP contribution in [0.5, 0.6) is 0 Å². The third-order valence-corrected chi connectivity index (χ3v) is 3.17. The summed E-state index contributed by atoms with van der Waals surface area (Å²) in [6, 6.07) is 3.42. The fourth-order valence-corrected chi connectivity index (χ4v) is 2.26. The molecule has 0 heterocycles. The first-order valence-corrected chi connectivity index (χ1v) is 5.67. The van der Waals surface area contributed by atoms with Gasteiger partial charge in [0.2, 0.25) is 0 Å². The van der Waals surface area contributed by atoms with Gasteiger partial charge in [-0.25, -0.2) is 0 Å². The predicted molar refractivity (Wildman–Crippen MR) is 60.4 cm³/mol. The van der Waals surface area contributed by atoms with E-state index in [9.17, 15) is 4.79 Å². The topological polar surface area (TPSA) is 37.3 Å². The highest BCUT2D eigenvalue weighted by atomic mass is 79.9. The summed E-state index contributed by atoms with van der Waals surface area (Å²) in [6.07, 6.45) is -0.154. The highest BCUT2D eigenvalue weighted by molar-refractivity contribution is 9.08. The predicted octanol–water partition coefficient (Wildman–Crippen LogP) is 3.52. The SMILES string of the molecule is O=C(O)Cc1c(Cl)ccc(CBr)c1Cl. The monoisotopic (exact) mass is 296 g/mol. The van der Waals surface area contributed by atoms with E-state index in [1.807, 2.05) is 0 Å². The van der Waals surface area contributed by atoms with Gasteiger partial charge in [-0.2, -0.15) is 0 Å². The van der Waals surface area contributed by atoms with Gasteiger partial charge in [0.05, 0.1) is 6.42 Å². The summed E-state index contributed by atoms with van der Waals surface area (Å²) in [7, 11) is 0. The summed E-state index contributed by atoms with van der Waals surface area (Å²) in [4.78, 5) is 10.5. The summed E-state index contributed by atoms with van der Waals surface area (Å²) < 4.78 is 0. The number of hydrogen-bond donors (Lipinski definition) is 1. The summed E-state index contributed by atoms with van der Waals surface area (Å²) in [5.41, 5.74) is 1.31. The van der Waals surface area contributed by atoms with Crippen LogP contribution in [0.3, 0.4) is 0 Å². The van der Waals surface area contributed by atoms with Gasteiger partial charge in [-0.3, -0.25) is 4.79 Å². The lowest BCUT2D eigenvalue weighted by molar-refractivity contribution is -0.136. The van der Waals surface area contributed by atoms with Crippen LogP contribution < -0.4 is 0 Å². The third-order valence-electron chi connectivity index (χ3n) is 1.74. The molecule has 0 aliphatic carbocycles. The number of aliphatic carboxylic acids is 1. The molecule has 0 spiro atoms. The minimum Gasteiger partial charge on any atom is -0.481 e. The number of rotatable bonds is 3. The molecule has 0 amide bonds. The maximum absolute atomic E-state index is 10.5. The van der Waals surface area contributed by atoms with E-state index in [4.69, 9.17) is 28.3 Å². The molecule has 14 heavy (non-hydrogen) atoms. The second kappa shape index (κ2) is 5.01. The van der Waals surface area contributed by atoms with Crippen molar-refractivity contribution in [1.29, 1.82) is 0 Å². The zero-order valence-electron chi connectivity index (χ0n) is 7.06. The fraction of sp³-hybridized carbons (Fsp3) is 0.222. The molecule has 0 fully saturated rings. The highest BCUT2D eigenvalue weighted by Gasteiger charge is 2.12. The van der Waals surface area contributed by atoms with E-state index in [2.05, 4.69) is 15.9 Å². The van der Waals surface area contributed by atoms with Crippen LogP contribution in [-0.4, -0.2) is 11.1 Å². The fourth-order valence-electron chi connectivity index (χ4n) is 1.06. The maximum Gasteiger partial charge on any atom is 0.307 e. The van der Waals surface area contributed by atoms with Crippen molar-refractivity contribution in [2.24, 2.45) is 0 Å². The van der Waals surface area contributed by atoms with Crippen molar-refractivity contribution in [3.63, 3.8) is 0 Å². The van der Waals surface area contributed by atoms with Crippen molar-refractivity contribution in [2.45, 2.75) is 11.8 Å². The van der Waals surface area contributed by atoms with Crippen LogP contribution in [0.15, 0.2) is 12.1 Å². The molecule has 5 heteroatoms. The lowest BCUT2D eigenvalue weighted by atomic mass is 10.1. The van der Waals surface area contributed by atoms with Crippen molar-refractivity contribution >= 4 is 45.1 Å². The Morgan fingerprint density at radius 2 is 2.07 bits per heavy atom. The normalized spacial score (nSPS) is 10.2. The zero-order chi connectivity index (χ0) is 10.7. The van der Waals surface area contributed by atoms with Gasteiger partial charge in [0.25, 0.3) is 0 Å². The first-order valence-electron chi connectivity index (χ1n) is 3.79. The molecule has 1 rings (SSSR count). The van der Waals surface area contributed by atoms with E-state index in [1.54, 1.807) is 12.1 Å². The Hall–Kier alpha value is -0.250. The molecule has 1 aromatic rings. The van der Waals surface area contributed by atoms with Gasteiger partial charge in [0.1, 0.15) is 0 Å². The molecule has 0 aromatic heterocycles. The minimum atomic E-state index is -0.944. The summed E-state index contributed by atoms with van der Waals surface area (Å²) in [6.45, 7) is 0. The van der Waals surface area contributed by atoms with Crippen LogP contribution >= 0.6 is 39.1 Å². The number of carboxylic acids is 1. The molecule has 0 unspecified atom stereocenters. The Bertz CT molecular complexity index is 366. The molecule has 76 valence electrons. The number of benzene rings is 1. The molecule has 0 saturated carbocycles. The van der Waals surface area contributed by atoms with E-state index >= 15 is 0 Å². The third kappa shape index (κ3) is 2.62. The first kappa shape index (κ1) is 11.8. The second-order valence-corrected chi connectivity index (χ2v) is 4.05. The molecule has 0 atom stereocenters. The largest absolute Gasteiger partial charge is 0.481 e. The number of alkyl halides is 1. The quantitative estimate of drug-likeness (QED) is 0.867. The van der Waals surface area contributed by atoms with Crippen molar-refractivity contribution in [3.8, 4) is 0 Å². The molecule has 0 radical (unpaired) electrons. The molecule has 0 aliphatic rings. The van der Waals surface area contributed by atoms with E-state index in [-0.39, 0.29) is 6.42 Å².